The van der Waals surface area contributed by atoms with Gasteiger partial charge in [0.05, 0.1) is 0 Å². The zero-order valence-electron chi connectivity index (χ0n) is 10.5. The summed E-state index contributed by atoms with van der Waals surface area (Å²) in [5.74, 6) is 2.55. The lowest BCUT2D eigenvalue weighted by atomic mass is 10.2. The normalized spacial score (nSPS) is 31.6. The molecule has 3 aliphatic heterocycles. The van der Waals surface area contributed by atoms with Gasteiger partial charge in [0.25, 0.3) is 5.91 Å². The molecule has 0 radical (unpaired) electrons. The van der Waals surface area contributed by atoms with Crippen molar-refractivity contribution >= 4 is 17.7 Å². The molecule has 1 amide bonds. The van der Waals surface area contributed by atoms with Crippen molar-refractivity contribution in [3.8, 4) is 11.5 Å². The van der Waals surface area contributed by atoms with Gasteiger partial charge in [-0.2, -0.15) is 11.8 Å². The number of rotatable bonds is 1. The predicted octanol–water partition coefficient (Wildman–Crippen LogP) is 1.54. The Hall–Kier alpha value is -1.36. The van der Waals surface area contributed by atoms with Crippen LogP contribution in [-0.2, 0) is 4.79 Å². The lowest BCUT2D eigenvalue weighted by Gasteiger charge is -2.32. The number of thioether (sulfide) groups is 1. The third kappa shape index (κ3) is 1.87. The van der Waals surface area contributed by atoms with Crippen molar-refractivity contribution in [1.29, 1.82) is 0 Å². The maximum absolute atomic E-state index is 12.5. The largest absolute Gasteiger partial charge is 0.485 e. The van der Waals surface area contributed by atoms with Crippen LogP contribution in [0.4, 0.5) is 0 Å². The maximum Gasteiger partial charge on any atom is 0.267 e. The van der Waals surface area contributed by atoms with Crippen molar-refractivity contribution in [3.05, 3.63) is 24.3 Å². The molecular weight excluding hydrogens is 262 g/mol. The number of likely N-dealkylation sites (tertiary alicyclic amines) is 1. The highest BCUT2D eigenvalue weighted by Crippen LogP contribution is 2.38. The molecule has 3 heterocycles. The fraction of sp³-hybridized carbons (Fsp3) is 0.500. The van der Waals surface area contributed by atoms with Crippen LogP contribution in [0.3, 0.4) is 0 Å². The molecule has 2 saturated heterocycles. The fourth-order valence-electron chi connectivity index (χ4n) is 3.00. The van der Waals surface area contributed by atoms with Gasteiger partial charge in [0.15, 0.2) is 11.5 Å². The minimum Gasteiger partial charge on any atom is -0.485 e. The van der Waals surface area contributed by atoms with E-state index in [1.54, 1.807) is 0 Å². The van der Waals surface area contributed by atoms with Crippen molar-refractivity contribution in [2.45, 2.75) is 23.8 Å². The van der Waals surface area contributed by atoms with Crippen molar-refractivity contribution < 1.29 is 14.3 Å². The number of hydrogen-bond donors (Lipinski definition) is 0. The zero-order valence-corrected chi connectivity index (χ0v) is 11.3. The van der Waals surface area contributed by atoms with Crippen LogP contribution in [0.15, 0.2) is 24.3 Å². The molecule has 2 bridgehead atoms. The molecule has 2 fully saturated rings. The number of ether oxygens (including phenoxy) is 2. The molecule has 0 spiro atoms. The first-order valence-corrected chi connectivity index (χ1v) is 7.67. The molecule has 3 aliphatic rings. The fourth-order valence-corrected chi connectivity index (χ4v) is 4.43. The molecule has 0 N–H and O–H groups in total. The second-order valence-electron chi connectivity index (χ2n) is 5.20. The van der Waals surface area contributed by atoms with Gasteiger partial charge in [-0.25, -0.2) is 0 Å². The van der Waals surface area contributed by atoms with Gasteiger partial charge in [-0.1, -0.05) is 12.1 Å². The van der Waals surface area contributed by atoms with Crippen LogP contribution >= 0.6 is 11.8 Å². The Balaban J connectivity index is 1.50. The standard InChI is InChI=1S/C14H15NO3S/c16-14(15-6-10-5-9(15)8-19-10)13-7-17-11-3-1-2-4-12(11)18-13/h1-4,9-10,13H,5-8H2/t9-,10+,13+/m0/s1. The van der Waals surface area contributed by atoms with Crippen LogP contribution < -0.4 is 9.47 Å². The Labute approximate surface area is 116 Å². The van der Waals surface area contributed by atoms with Crippen molar-refractivity contribution in [1.82, 2.24) is 4.90 Å². The molecule has 4 nitrogen and oxygen atoms in total. The van der Waals surface area contributed by atoms with Crippen LogP contribution in [0.25, 0.3) is 0 Å². The van der Waals surface area contributed by atoms with E-state index in [-0.39, 0.29) is 5.91 Å². The molecule has 3 atom stereocenters. The average molecular weight is 277 g/mol. The molecule has 0 aromatic heterocycles. The third-order valence-electron chi connectivity index (χ3n) is 3.97. The highest BCUT2D eigenvalue weighted by molar-refractivity contribution is 8.00. The highest BCUT2D eigenvalue weighted by Gasteiger charge is 2.44. The van der Waals surface area contributed by atoms with Gasteiger partial charge in [0.1, 0.15) is 6.61 Å². The summed E-state index contributed by atoms with van der Waals surface area (Å²) < 4.78 is 11.4. The van der Waals surface area contributed by atoms with E-state index in [2.05, 4.69) is 0 Å². The first kappa shape index (κ1) is 11.5. The predicted molar refractivity (Wildman–Crippen MR) is 72.7 cm³/mol. The molecule has 100 valence electrons. The van der Waals surface area contributed by atoms with E-state index >= 15 is 0 Å². The van der Waals surface area contributed by atoms with Gasteiger partial charge in [0.2, 0.25) is 6.10 Å². The van der Waals surface area contributed by atoms with Crippen LogP contribution in [0.5, 0.6) is 11.5 Å². The zero-order chi connectivity index (χ0) is 12.8. The first-order chi connectivity index (χ1) is 9.31. The van der Waals surface area contributed by atoms with E-state index in [9.17, 15) is 4.79 Å². The molecule has 19 heavy (non-hydrogen) atoms. The van der Waals surface area contributed by atoms with Gasteiger partial charge >= 0.3 is 0 Å². The quantitative estimate of drug-likeness (QED) is 0.780. The monoisotopic (exact) mass is 277 g/mol. The molecule has 0 saturated carbocycles. The Morgan fingerprint density at radius 2 is 2.16 bits per heavy atom. The maximum atomic E-state index is 12.5. The summed E-state index contributed by atoms with van der Waals surface area (Å²) in [6.45, 7) is 1.19. The lowest BCUT2D eigenvalue weighted by molar-refractivity contribution is -0.141. The number of nitrogens with zero attached hydrogens (tertiary/aromatic N) is 1. The smallest absolute Gasteiger partial charge is 0.267 e. The number of carbonyl (C=O) groups is 1. The van der Waals surface area contributed by atoms with E-state index in [1.807, 2.05) is 40.9 Å². The van der Waals surface area contributed by atoms with E-state index in [0.717, 1.165) is 24.5 Å². The summed E-state index contributed by atoms with van der Waals surface area (Å²) in [6, 6.07) is 7.92. The van der Waals surface area contributed by atoms with E-state index < -0.39 is 6.10 Å². The Morgan fingerprint density at radius 3 is 2.89 bits per heavy atom. The van der Waals surface area contributed by atoms with Gasteiger partial charge in [-0.3, -0.25) is 4.79 Å². The number of carbonyl (C=O) groups excluding carboxylic acids is 1. The second-order valence-corrected chi connectivity index (χ2v) is 6.53. The number of benzene rings is 1. The summed E-state index contributed by atoms with van der Waals surface area (Å²) in [5, 5.41) is 0.630. The number of fused-ring (bicyclic) bond motifs is 3. The lowest BCUT2D eigenvalue weighted by Crippen LogP contribution is -2.49. The number of hydrogen-bond acceptors (Lipinski definition) is 4. The molecule has 5 heteroatoms. The van der Waals surface area contributed by atoms with Crippen LogP contribution in [0, 0.1) is 0 Å². The summed E-state index contributed by atoms with van der Waals surface area (Å²) in [4.78, 5) is 14.5. The van der Waals surface area contributed by atoms with Crippen LogP contribution in [0.2, 0.25) is 0 Å². The molecule has 1 aromatic rings. The van der Waals surface area contributed by atoms with Gasteiger partial charge in [-0.05, 0) is 18.6 Å². The molecular formula is C14H15NO3S. The van der Waals surface area contributed by atoms with E-state index in [0.29, 0.717) is 23.6 Å². The Bertz CT molecular complexity index is 521. The van der Waals surface area contributed by atoms with Crippen molar-refractivity contribution in [2.75, 3.05) is 18.9 Å². The van der Waals surface area contributed by atoms with Gasteiger partial charge in [0, 0.05) is 23.6 Å². The van der Waals surface area contributed by atoms with E-state index in [4.69, 9.17) is 9.47 Å². The van der Waals surface area contributed by atoms with Gasteiger partial charge < -0.3 is 14.4 Å². The second kappa shape index (κ2) is 4.34. The summed E-state index contributed by atoms with van der Waals surface area (Å²) in [5.41, 5.74) is 0. The Morgan fingerprint density at radius 1 is 1.32 bits per heavy atom. The first-order valence-electron chi connectivity index (χ1n) is 6.62. The molecule has 0 aliphatic carbocycles. The van der Waals surface area contributed by atoms with Crippen molar-refractivity contribution in [2.24, 2.45) is 0 Å². The topological polar surface area (TPSA) is 38.8 Å². The average Bonchev–Trinajstić information content (AvgIpc) is 3.08. The van der Waals surface area contributed by atoms with Gasteiger partial charge in [-0.15, -0.1) is 0 Å². The molecule has 0 unspecified atom stereocenters. The van der Waals surface area contributed by atoms with Crippen molar-refractivity contribution in [3.63, 3.8) is 0 Å². The highest BCUT2D eigenvalue weighted by atomic mass is 32.2. The summed E-state index contributed by atoms with van der Waals surface area (Å²) >= 11 is 1.98. The SMILES string of the molecule is O=C([C@H]1COc2ccccc2O1)N1C[C@H]2C[C@H]1CS2. The summed E-state index contributed by atoms with van der Waals surface area (Å²) in [7, 11) is 0. The number of para-hydroxylation sites is 2. The van der Waals surface area contributed by atoms with Crippen LogP contribution in [0.1, 0.15) is 6.42 Å². The molecule has 1 aromatic carbocycles. The third-order valence-corrected chi connectivity index (χ3v) is 5.36. The molecule has 4 rings (SSSR count). The number of amides is 1. The van der Waals surface area contributed by atoms with Crippen LogP contribution in [-0.4, -0.2) is 47.1 Å². The minimum atomic E-state index is -0.487. The van der Waals surface area contributed by atoms with E-state index in [1.165, 1.54) is 0 Å². The Kier molecular flexibility index (Phi) is 2.62. The minimum absolute atomic E-state index is 0.0855. The summed E-state index contributed by atoms with van der Waals surface area (Å²) in [6.07, 6.45) is 0.653.